The van der Waals surface area contributed by atoms with Crippen LogP contribution < -0.4 is 0 Å². The van der Waals surface area contributed by atoms with E-state index in [0.29, 0.717) is 0 Å². The molecule has 1 aliphatic carbocycles. The summed E-state index contributed by atoms with van der Waals surface area (Å²) in [5.74, 6) is -0.382. The number of carbonyl (C=O) groups is 2. The highest BCUT2D eigenvalue weighted by molar-refractivity contribution is 5.80. The van der Waals surface area contributed by atoms with E-state index in [1.54, 1.807) is 13.0 Å². The molecule has 2 atom stereocenters. The predicted molar refractivity (Wildman–Crippen MR) is 48.1 cm³/mol. The number of esters is 1. The molecule has 13 heavy (non-hydrogen) atoms. The van der Waals surface area contributed by atoms with E-state index in [0.717, 1.165) is 12.8 Å². The van der Waals surface area contributed by atoms with Crippen LogP contribution in [0.2, 0.25) is 0 Å². The number of carbonyl (C=O) groups excluding carboxylic acids is 2. The largest absolute Gasteiger partial charge is 0.458 e. The maximum absolute atomic E-state index is 11.2. The number of rotatable bonds is 2. The molecule has 0 radical (unpaired) electrons. The molecule has 0 aromatic carbocycles. The van der Waals surface area contributed by atoms with Crippen LogP contribution in [0.5, 0.6) is 0 Å². The lowest BCUT2D eigenvalue weighted by atomic mass is 9.88. The van der Waals surface area contributed by atoms with Crippen molar-refractivity contribution < 1.29 is 14.3 Å². The molecule has 0 N–H and O–H groups in total. The van der Waals surface area contributed by atoms with Gasteiger partial charge in [0, 0.05) is 6.92 Å². The third-order valence-electron chi connectivity index (χ3n) is 2.19. The van der Waals surface area contributed by atoms with Gasteiger partial charge in [0.15, 0.2) is 0 Å². The van der Waals surface area contributed by atoms with Crippen LogP contribution in [0.25, 0.3) is 0 Å². The molecular formula is C10H14O3. The molecule has 1 rings (SSSR count). The van der Waals surface area contributed by atoms with E-state index in [4.69, 9.17) is 4.74 Å². The minimum absolute atomic E-state index is 0.0931. The Morgan fingerprint density at radius 3 is 2.62 bits per heavy atom. The third kappa shape index (κ3) is 2.68. The maximum atomic E-state index is 11.2. The first-order valence-corrected chi connectivity index (χ1v) is 4.45. The molecule has 0 spiro atoms. The Hall–Kier alpha value is -1.12. The van der Waals surface area contributed by atoms with E-state index in [1.807, 2.05) is 6.08 Å². The monoisotopic (exact) mass is 182 g/mol. The zero-order chi connectivity index (χ0) is 9.84. The van der Waals surface area contributed by atoms with Gasteiger partial charge in [-0.2, -0.15) is 0 Å². The molecule has 72 valence electrons. The van der Waals surface area contributed by atoms with Crippen molar-refractivity contribution in [2.24, 2.45) is 5.92 Å². The normalized spacial score (nSPS) is 26.9. The Bertz CT molecular complexity index is 243. The first-order chi connectivity index (χ1) is 6.11. The van der Waals surface area contributed by atoms with E-state index in [2.05, 4.69) is 0 Å². The fraction of sp³-hybridized carbons (Fsp3) is 0.600. The molecular weight excluding hydrogens is 168 g/mol. The van der Waals surface area contributed by atoms with Crippen molar-refractivity contribution in [3.63, 3.8) is 0 Å². The Kier molecular flexibility index (Phi) is 3.23. The van der Waals surface area contributed by atoms with Crippen molar-refractivity contribution in [3.8, 4) is 0 Å². The van der Waals surface area contributed by atoms with Crippen molar-refractivity contribution in [2.45, 2.75) is 32.8 Å². The molecule has 0 aliphatic heterocycles. The minimum atomic E-state index is -0.344. The maximum Gasteiger partial charge on any atom is 0.303 e. The van der Waals surface area contributed by atoms with E-state index in [1.165, 1.54) is 6.92 Å². The summed E-state index contributed by atoms with van der Waals surface area (Å²) < 4.78 is 5.02. The Labute approximate surface area is 77.8 Å². The van der Waals surface area contributed by atoms with Gasteiger partial charge >= 0.3 is 5.97 Å². The van der Waals surface area contributed by atoms with Crippen LogP contribution in [0.15, 0.2) is 12.2 Å². The molecule has 0 saturated heterocycles. The molecule has 3 heteroatoms. The van der Waals surface area contributed by atoms with Gasteiger partial charge in [0.2, 0.25) is 0 Å². The summed E-state index contributed by atoms with van der Waals surface area (Å²) >= 11 is 0. The topological polar surface area (TPSA) is 43.4 Å². The van der Waals surface area contributed by atoms with Crippen molar-refractivity contribution in [1.82, 2.24) is 0 Å². The molecule has 0 heterocycles. The summed E-state index contributed by atoms with van der Waals surface area (Å²) in [6.45, 7) is 2.90. The Morgan fingerprint density at radius 2 is 2.08 bits per heavy atom. The molecule has 0 amide bonds. The van der Waals surface area contributed by atoms with Crippen LogP contribution in [0.1, 0.15) is 26.7 Å². The first-order valence-electron chi connectivity index (χ1n) is 4.45. The van der Waals surface area contributed by atoms with Crippen LogP contribution in [0.3, 0.4) is 0 Å². The summed E-state index contributed by atoms with van der Waals surface area (Å²) in [4.78, 5) is 21.9. The van der Waals surface area contributed by atoms with Crippen molar-refractivity contribution >= 4 is 11.8 Å². The van der Waals surface area contributed by atoms with Crippen molar-refractivity contribution in [3.05, 3.63) is 12.2 Å². The molecule has 1 unspecified atom stereocenters. The van der Waals surface area contributed by atoms with Gasteiger partial charge in [-0.1, -0.05) is 6.08 Å². The van der Waals surface area contributed by atoms with E-state index in [-0.39, 0.29) is 23.8 Å². The van der Waals surface area contributed by atoms with Crippen molar-refractivity contribution in [1.29, 1.82) is 0 Å². The van der Waals surface area contributed by atoms with Gasteiger partial charge < -0.3 is 4.74 Å². The van der Waals surface area contributed by atoms with Crippen LogP contribution in [-0.4, -0.2) is 17.9 Å². The van der Waals surface area contributed by atoms with E-state index < -0.39 is 0 Å². The minimum Gasteiger partial charge on any atom is -0.458 e. The predicted octanol–water partition coefficient (Wildman–Crippen LogP) is 1.47. The van der Waals surface area contributed by atoms with Gasteiger partial charge in [0.1, 0.15) is 11.9 Å². The second-order valence-corrected chi connectivity index (χ2v) is 3.30. The average Bonchev–Trinajstić information content (AvgIpc) is 2.03. The van der Waals surface area contributed by atoms with Gasteiger partial charge in [0.05, 0.1) is 5.92 Å². The second kappa shape index (κ2) is 4.21. The van der Waals surface area contributed by atoms with Crippen molar-refractivity contribution in [2.75, 3.05) is 0 Å². The van der Waals surface area contributed by atoms with Crippen LogP contribution in [0, 0.1) is 5.92 Å². The van der Waals surface area contributed by atoms with E-state index in [9.17, 15) is 9.59 Å². The Morgan fingerprint density at radius 1 is 1.38 bits per heavy atom. The van der Waals surface area contributed by atoms with Crippen LogP contribution in [-0.2, 0) is 14.3 Å². The highest BCUT2D eigenvalue weighted by Crippen LogP contribution is 2.22. The summed E-state index contributed by atoms with van der Waals surface area (Å²) in [5, 5.41) is 0. The summed E-state index contributed by atoms with van der Waals surface area (Å²) in [6, 6.07) is 0. The second-order valence-electron chi connectivity index (χ2n) is 3.30. The molecule has 0 aromatic rings. The smallest absolute Gasteiger partial charge is 0.303 e. The molecule has 0 fully saturated rings. The molecule has 0 bridgehead atoms. The zero-order valence-corrected chi connectivity index (χ0v) is 7.95. The lowest BCUT2D eigenvalue weighted by Crippen LogP contribution is -2.31. The lowest BCUT2D eigenvalue weighted by molar-refractivity contribution is -0.148. The standard InChI is InChI=1S/C10H14O3/c1-7(11)9-5-3-4-6-10(9)13-8(2)12/h4,6,9-10H,3,5H2,1-2H3/t9-,10?/m0/s1. The third-order valence-corrected chi connectivity index (χ3v) is 2.19. The molecule has 3 nitrogen and oxygen atoms in total. The fourth-order valence-corrected chi connectivity index (χ4v) is 1.55. The van der Waals surface area contributed by atoms with Crippen LogP contribution >= 0.6 is 0 Å². The molecule has 0 aromatic heterocycles. The SMILES string of the molecule is CC(=O)OC1C=CCC[C@H]1C(C)=O. The number of ether oxygens (including phenoxy) is 1. The van der Waals surface area contributed by atoms with E-state index >= 15 is 0 Å². The van der Waals surface area contributed by atoms with Gasteiger partial charge in [-0.25, -0.2) is 0 Å². The zero-order valence-electron chi connectivity index (χ0n) is 7.95. The van der Waals surface area contributed by atoms with Gasteiger partial charge in [-0.3, -0.25) is 9.59 Å². The summed E-state index contributed by atoms with van der Waals surface area (Å²) in [7, 11) is 0. The first kappa shape index (κ1) is 9.96. The summed E-state index contributed by atoms with van der Waals surface area (Å²) in [6.07, 6.45) is 5.08. The quantitative estimate of drug-likeness (QED) is 0.480. The summed E-state index contributed by atoms with van der Waals surface area (Å²) in [5.41, 5.74) is 0. The van der Waals surface area contributed by atoms with Gasteiger partial charge in [-0.15, -0.1) is 0 Å². The number of hydrogen-bond donors (Lipinski definition) is 0. The highest BCUT2D eigenvalue weighted by Gasteiger charge is 2.27. The number of hydrogen-bond acceptors (Lipinski definition) is 3. The van der Waals surface area contributed by atoms with Gasteiger partial charge in [0.25, 0.3) is 0 Å². The van der Waals surface area contributed by atoms with Crippen LogP contribution in [0.4, 0.5) is 0 Å². The number of Topliss-reactive ketones (excluding diaryl/α,β-unsaturated/α-hetero) is 1. The molecule has 0 saturated carbocycles. The lowest BCUT2D eigenvalue weighted by Gasteiger charge is -2.24. The van der Waals surface area contributed by atoms with Gasteiger partial charge in [-0.05, 0) is 25.8 Å². The fourth-order valence-electron chi connectivity index (χ4n) is 1.55. The molecule has 1 aliphatic rings. The number of allylic oxidation sites excluding steroid dienone is 1. The number of ketones is 1. The average molecular weight is 182 g/mol. The Balaban J connectivity index is 2.66. The highest BCUT2D eigenvalue weighted by atomic mass is 16.5.